The Morgan fingerprint density at radius 2 is 2.13 bits per heavy atom. The fraction of sp³-hybridized carbons (Fsp3) is 0.412. The van der Waals surface area contributed by atoms with Crippen LogP contribution >= 0.6 is 11.3 Å². The average molecular weight is 331 g/mol. The van der Waals surface area contributed by atoms with E-state index in [0.29, 0.717) is 19.8 Å². The van der Waals surface area contributed by atoms with E-state index < -0.39 is 0 Å². The molecule has 2 heterocycles. The van der Waals surface area contributed by atoms with Crippen LogP contribution in [0.2, 0.25) is 0 Å². The molecule has 2 aromatic rings. The Morgan fingerprint density at radius 3 is 2.87 bits per heavy atom. The molecular weight excluding hydrogens is 310 g/mol. The summed E-state index contributed by atoms with van der Waals surface area (Å²) in [6, 6.07) is 7.76. The number of amides is 1. The first-order valence-corrected chi connectivity index (χ1v) is 8.73. The van der Waals surface area contributed by atoms with Gasteiger partial charge in [0.1, 0.15) is 0 Å². The van der Waals surface area contributed by atoms with Gasteiger partial charge in [-0.3, -0.25) is 4.79 Å². The van der Waals surface area contributed by atoms with Crippen LogP contribution in [0.1, 0.15) is 21.1 Å². The van der Waals surface area contributed by atoms with Crippen molar-refractivity contribution in [1.82, 2.24) is 10.3 Å². The lowest BCUT2D eigenvalue weighted by Gasteiger charge is -2.30. The zero-order chi connectivity index (χ0) is 16.1. The molecule has 0 radical (unpaired) electrons. The minimum atomic E-state index is -0.0274. The maximum absolute atomic E-state index is 12.5. The molecule has 1 aromatic carbocycles. The van der Waals surface area contributed by atoms with E-state index in [0.717, 1.165) is 41.5 Å². The largest absolute Gasteiger partial charge is 0.378 e. The molecule has 1 N–H and O–H groups in total. The van der Waals surface area contributed by atoms with Crippen LogP contribution in [0.5, 0.6) is 0 Å². The minimum absolute atomic E-state index is 0.0274. The molecule has 0 spiro atoms. The number of hydrogen-bond donors (Lipinski definition) is 1. The SMILES string of the molecule is Cc1csc(CCNC(=O)c2ccccc2N2CCOCC2)n1. The van der Waals surface area contributed by atoms with Crippen LogP contribution in [0.4, 0.5) is 5.69 Å². The van der Waals surface area contributed by atoms with Crippen molar-refractivity contribution in [1.29, 1.82) is 0 Å². The molecule has 0 atom stereocenters. The molecule has 1 fully saturated rings. The zero-order valence-corrected chi connectivity index (χ0v) is 14.1. The molecule has 1 saturated heterocycles. The van der Waals surface area contributed by atoms with Crippen molar-refractivity contribution >= 4 is 22.9 Å². The fourth-order valence-electron chi connectivity index (χ4n) is 2.64. The Kier molecular flexibility index (Phi) is 5.25. The molecule has 5 nitrogen and oxygen atoms in total. The van der Waals surface area contributed by atoms with Crippen LogP contribution in [0.3, 0.4) is 0 Å². The van der Waals surface area contributed by atoms with Crippen LogP contribution in [-0.2, 0) is 11.2 Å². The first-order valence-electron chi connectivity index (χ1n) is 7.85. The summed E-state index contributed by atoms with van der Waals surface area (Å²) >= 11 is 1.64. The number of ether oxygens (including phenoxy) is 1. The number of rotatable bonds is 5. The second-order valence-corrected chi connectivity index (χ2v) is 6.45. The molecule has 1 aromatic heterocycles. The van der Waals surface area contributed by atoms with Crippen LogP contribution in [0.15, 0.2) is 29.6 Å². The quantitative estimate of drug-likeness (QED) is 0.913. The number of nitrogens with one attached hydrogen (secondary N) is 1. The summed E-state index contributed by atoms with van der Waals surface area (Å²) in [5.74, 6) is -0.0274. The highest BCUT2D eigenvalue weighted by Gasteiger charge is 2.18. The zero-order valence-electron chi connectivity index (χ0n) is 13.2. The normalized spacial score (nSPS) is 14.7. The van der Waals surface area contributed by atoms with Gasteiger partial charge in [-0.15, -0.1) is 11.3 Å². The summed E-state index contributed by atoms with van der Waals surface area (Å²) in [6.45, 7) is 5.64. The summed E-state index contributed by atoms with van der Waals surface area (Å²) < 4.78 is 5.39. The molecule has 122 valence electrons. The molecule has 0 saturated carbocycles. The highest BCUT2D eigenvalue weighted by Crippen LogP contribution is 2.21. The van der Waals surface area contributed by atoms with Gasteiger partial charge in [0.25, 0.3) is 5.91 Å². The fourth-order valence-corrected chi connectivity index (χ4v) is 3.42. The number of anilines is 1. The predicted octanol–water partition coefficient (Wildman–Crippen LogP) is 2.26. The van der Waals surface area contributed by atoms with Crippen molar-refractivity contribution in [3.63, 3.8) is 0 Å². The van der Waals surface area contributed by atoms with Gasteiger partial charge in [0.15, 0.2) is 0 Å². The number of thiazole rings is 1. The molecule has 1 aliphatic heterocycles. The number of carbonyl (C=O) groups excluding carboxylic acids is 1. The van der Waals surface area contributed by atoms with Crippen molar-refractivity contribution in [2.45, 2.75) is 13.3 Å². The minimum Gasteiger partial charge on any atom is -0.378 e. The smallest absolute Gasteiger partial charge is 0.253 e. The Morgan fingerprint density at radius 1 is 1.35 bits per heavy atom. The van der Waals surface area contributed by atoms with E-state index in [1.54, 1.807) is 11.3 Å². The van der Waals surface area contributed by atoms with Crippen molar-refractivity contribution in [2.75, 3.05) is 37.7 Å². The van der Waals surface area contributed by atoms with Crippen LogP contribution in [0.25, 0.3) is 0 Å². The van der Waals surface area contributed by atoms with E-state index in [1.165, 1.54) is 0 Å². The number of aryl methyl sites for hydroxylation is 1. The lowest BCUT2D eigenvalue weighted by Crippen LogP contribution is -2.38. The van der Waals surface area contributed by atoms with Crippen molar-refractivity contribution < 1.29 is 9.53 Å². The van der Waals surface area contributed by atoms with E-state index in [-0.39, 0.29) is 5.91 Å². The summed E-state index contributed by atoms with van der Waals surface area (Å²) in [5, 5.41) is 6.10. The van der Waals surface area contributed by atoms with Gasteiger partial charge in [-0.2, -0.15) is 0 Å². The maximum Gasteiger partial charge on any atom is 0.253 e. The lowest BCUT2D eigenvalue weighted by molar-refractivity contribution is 0.0952. The molecule has 6 heteroatoms. The maximum atomic E-state index is 12.5. The summed E-state index contributed by atoms with van der Waals surface area (Å²) in [4.78, 5) is 19.1. The van der Waals surface area contributed by atoms with Gasteiger partial charge in [0.05, 0.1) is 23.8 Å². The van der Waals surface area contributed by atoms with Crippen LogP contribution in [-0.4, -0.2) is 43.7 Å². The number of carbonyl (C=O) groups is 1. The second-order valence-electron chi connectivity index (χ2n) is 5.51. The molecule has 0 aliphatic carbocycles. The highest BCUT2D eigenvalue weighted by atomic mass is 32.1. The van der Waals surface area contributed by atoms with Gasteiger partial charge in [0.2, 0.25) is 0 Å². The Labute approximate surface area is 140 Å². The molecule has 1 amide bonds. The van der Waals surface area contributed by atoms with Crippen molar-refractivity contribution in [2.24, 2.45) is 0 Å². The Balaban J connectivity index is 1.62. The number of para-hydroxylation sites is 1. The molecule has 0 bridgehead atoms. The summed E-state index contributed by atoms with van der Waals surface area (Å²) in [6.07, 6.45) is 0.768. The van der Waals surface area contributed by atoms with Gasteiger partial charge < -0.3 is 15.0 Å². The lowest BCUT2D eigenvalue weighted by atomic mass is 10.1. The van der Waals surface area contributed by atoms with Gasteiger partial charge in [0, 0.05) is 42.8 Å². The van der Waals surface area contributed by atoms with Gasteiger partial charge in [-0.25, -0.2) is 4.98 Å². The number of morpholine rings is 1. The molecule has 23 heavy (non-hydrogen) atoms. The third kappa shape index (κ3) is 4.09. The third-order valence-electron chi connectivity index (χ3n) is 3.79. The number of hydrogen-bond acceptors (Lipinski definition) is 5. The first-order chi connectivity index (χ1) is 11.2. The standard InChI is InChI=1S/C17H21N3O2S/c1-13-12-23-16(19-13)6-7-18-17(21)14-4-2-3-5-15(14)20-8-10-22-11-9-20/h2-5,12H,6-11H2,1H3,(H,18,21). The van der Waals surface area contributed by atoms with Crippen molar-refractivity contribution in [3.05, 3.63) is 45.9 Å². The number of benzene rings is 1. The number of aromatic nitrogens is 1. The Hall–Kier alpha value is -1.92. The predicted molar refractivity (Wildman–Crippen MR) is 92.4 cm³/mol. The molecule has 3 rings (SSSR count). The highest BCUT2D eigenvalue weighted by molar-refractivity contribution is 7.09. The Bertz CT molecular complexity index is 665. The molecule has 0 unspecified atom stereocenters. The molecule has 1 aliphatic rings. The van der Waals surface area contributed by atoms with E-state index in [2.05, 4.69) is 15.2 Å². The average Bonchev–Trinajstić information content (AvgIpc) is 3.01. The second kappa shape index (κ2) is 7.57. The topological polar surface area (TPSA) is 54.5 Å². The van der Waals surface area contributed by atoms with E-state index >= 15 is 0 Å². The molecular formula is C17H21N3O2S. The van der Waals surface area contributed by atoms with E-state index in [9.17, 15) is 4.79 Å². The van der Waals surface area contributed by atoms with E-state index in [4.69, 9.17) is 4.74 Å². The van der Waals surface area contributed by atoms with Crippen molar-refractivity contribution in [3.8, 4) is 0 Å². The summed E-state index contributed by atoms with van der Waals surface area (Å²) in [7, 11) is 0. The van der Waals surface area contributed by atoms with Gasteiger partial charge in [-0.05, 0) is 19.1 Å². The van der Waals surface area contributed by atoms with Crippen LogP contribution < -0.4 is 10.2 Å². The van der Waals surface area contributed by atoms with Gasteiger partial charge in [-0.1, -0.05) is 12.1 Å². The number of nitrogens with zero attached hydrogens (tertiary/aromatic N) is 2. The third-order valence-corrected chi connectivity index (χ3v) is 4.82. The van der Waals surface area contributed by atoms with Gasteiger partial charge >= 0.3 is 0 Å². The first kappa shape index (κ1) is 16.0. The summed E-state index contributed by atoms with van der Waals surface area (Å²) in [5.41, 5.74) is 2.75. The monoisotopic (exact) mass is 331 g/mol. The van der Waals surface area contributed by atoms with Crippen LogP contribution in [0, 0.1) is 6.92 Å². The van der Waals surface area contributed by atoms with E-state index in [1.807, 2.05) is 36.6 Å².